The van der Waals surface area contributed by atoms with Crippen molar-refractivity contribution in [2.75, 3.05) is 20.2 Å². The maximum absolute atomic E-state index is 5.12. The van der Waals surface area contributed by atoms with Crippen molar-refractivity contribution in [2.24, 2.45) is 0 Å². The van der Waals surface area contributed by atoms with Crippen LogP contribution >= 0.6 is 0 Å². The standard InChI is InChI=1S/C7H15NO/c1-6(2)8-4-7(5-8)9-3/h6-7H,4-5H2,1-3H3. The van der Waals surface area contributed by atoms with Gasteiger partial charge in [-0.2, -0.15) is 0 Å². The van der Waals surface area contributed by atoms with E-state index in [1.54, 1.807) is 7.11 Å². The molecule has 0 aromatic heterocycles. The minimum absolute atomic E-state index is 0.507. The Labute approximate surface area is 56.8 Å². The van der Waals surface area contributed by atoms with Gasteiger partial charge in [0.15, 0.2) is 0 Å². The van der Waals surface area contributed by atoms with Crippen LogP contribution in [0, 0.1) is 0 Å². The molecular weight excluding hydrogens is 114 g/mol. The fraction of sp³-hybridized carbons (Fsp3) is 1.00. The molecule has 1 aliphatic rings. The van der Waals surface area contributed by atoms with E-state index in [9.17, 15) is 0 Å². The van der Waals surface area contributed by atoms with Crippen LogP contribution in [-0.2, 0) is 4.74 Å². The molecule has 0 aromatic carbocycles. The first-order valence-corrected chi connectivity index (χ1v) is 3.51. The van der Waals surface area contributed by atoms with Crippen LogP contribution in [-0.4, -0.2) is 37.2 Å². The molecule has 0 amide bonds. The molecule has 9 heavy (non-hydrogen) atoms. The van der Waals surface area contributed by atoms with E-state index in [2.05, 4.69) is 18.7 Å². The predicted octanol–water partition coefficient (Wildman–Crippen LogP) is 0.725. The van der Waals surface area contributed by atoms with Gasteiger partial charge >= 0.3 is 0 Å². The zero-order chi connectivity index (χ0) is 6.85. The van der Waals surface area contributed by atoms with Gasteiger partial charge in [-0.15, -0.1) is 0 Å². The molecule has 0 N–H and O–H groups in total. The Hall–Kier alpha value is -0.0800. The molecule has 0 unspecified atom stereocenters. The Morgan fingerprint density at radius 2 is 2.00 bits per heavy atom. The number of likely N-dealkylation sites (tertiary alicyclic amines) is 1. The van der Waals surface area contributed by atoms with Crippen molar-refractivity contribution in [1.82, 2.24) is 4.90 Å². The molecule has 0 spiro atoms. The first kappa shape index (κ1) is 7.03. The molecule has 0 radical (unpaired) electrons. The molecule has 0 aromatic rings. The zero-order valence-electron chi connectivity index (χ0n) is 6.42. The molecule has 54 valence electrons. The van der Waals surface area contributed by atoms with Crippen molar-refractivity contribution >= 4 is 0 Å². The Bertz CT molecular complexity index is 86.9. The lowest BCUT2D eigenvalue weighted by Crippen LogP contribution is -2.54. The summed E-state index contributed by atoms with van der Waals surface area (Å²) in [7, 11) is 1.78. The highest BCUT2D eigenvalue weighted by Gasteiger charge is 2.27. The average molecular weight is 129 g/mol. The van der Waals surface area contributed by atoms with Crippen LogP contribution in [0.1, 0.15) is 13.8 Å². The number of methoxy groups -OCH3 is 1. The van der Waals surface area contributed by atoms with Gasteiger partial charge in [-0.3, -0.25) is 4.90 Å². The summed E-state index contributed by atoms with van der Waals surface area (Å²) in [5.41, 5.74) is 0. The molecule has 2 heteroatoms. The number of hydrogen-bond acceptors (Lipinski definition) is 2. The van der Waals surface area contributed by atoms with Gasteiger partial charge in [0.1, 0.15) is 0 Å². The summed E-state index contributed by atoms with van der Waals surface area (Å²) in [6.07, 6.45) is 0.507. The second-order valence-corrected chi connectivity index (χ2v) is 2.91. The first-order chi connectivity index (χ1) is 4.24. The number of ether oxygens (including phenoxy) is 1. The summed E-state index contributed by atoms with van der Waals surface area (Å²) < 4.78 is 5.12. The smallest absolute Gasteiger partial charge is 0.0825 e. The molecule has 2 nitrogen and oxygen atoms in total. The molecule has 0 bridgehead atoms. The molecule has 1 rings (SSSR count). The van der Waals surface area contributed by atoms with Crippen molar-refractivity contribution in [3.05, 3.63) is 0 Å². The minimum atomic E-state index is 0.507. The van der Waals surface area contributed by atoms with E-state index in [1.807, 2.05) is 0 Å². The van der Waals surface area contributed by atoms with Crippen LogP contribution in [0.5, 0.6) is 0 Å². The van der Waals surface area contributed by atoms with Crippen molar-refractivity contribution in [3.8, 4) is 0 Å². The molecule has 1 aliphatic heterocycles. The number of nitrogens with zero attached hydrogens (tertiary/aromatic N) is 1. The van der Waals surface area contributed by atoms with Crippen molar-refractivity contribution in [1.29, 1.82) is 0 Å². The lowest BCUT2D eigenvalue weighted by molar-refractivity contribution is -0.0437. The molecular formula is C7H15NO. The molecule has 1 fully saturated rings. The summed E-state index contributed by atoms with van der Waals surface area (Å²) >= 11 is 0. The van der Waals surface area contributed by atoms with Crippen molar-refractivity contribution < 1.29 is 4.74 Å². The van der Waals surface area contributed by atoms with E-state index in [0.717, 1.165) is 13.1 Å². The maximum Gasteiger partial charge on any atom is 0.0825 e. The Balaban J connectivity index is 2.12. The maximum atomic E-state index is 5.12. The Morgan fingerprint density at radius 3 is 2.33 bits per heavy atom. The van der Waals surface area contributed by atoms with Crippen LogP contribution in [0.15, 0.2) is 0 Å². The summed E-state index contributed by atoms with van der Waals surface area (Å²) in [5, 5.41) is 0. The van der Waals surface area contributed by atoms with E-state index in [0.29, 0.717) is 12.1 Å². The van der Waals surface area contributed by atoms with E-state index < -0.39 is 0 Å². The van der Waals surface area contributed by atoms with E-state index in [-0.39, 0.29) is 0 Å². The predicted molar refractivity (Wildman–Crippen MR) is 37.5 cm³/mol. The van der Waals surface area contributed by atoms with Gasteiger partial charge in [-0.25, -0.2) is 0 Å². The van der Waals surface area contributed by atoms with Gasteiger partial charge < -0.3 is 4.74 Å². The highest BCUT2D eigenvalue weighted by molar-refractivity contribution is 4.82. The Morgan fingerprint density at radius 1 is 1.44 bits per heavy atom. The monoisotopic (exact) mass is 129 g/mol. The highest BCUT2D eigenvalue weighted by atomic mass is 16.5. The molecule has 0 saturated carbocycles. The van der Waals surface area contributed by atoms with Gasteiger partial charge in [0, 0.05) is 26.2 Å². The molecule has 0 atom stereocenters. The van der Waals surface area contributed by atoms with Gasteiger partial charge in [-0.05, 0) is 13.8 Å². The lowest BCUT2D eigenvalue weighted by atomic mass is 10.1. The quantitative estimate of drug-likeness (QED) is 0.545. The van der Waals surface area contributed by atoms with E-state index >= 15 is 0 Å². The molecule has 1 heterocycles. The minimum Gasteiger partial charge on any atom is -0.379 e. The van der Waals surface area contributed by atoms with Crippen molar-refractivity contribution in [3.63, 3.8) is 0 Å². The van der Waals surface area contributed by atoms with Crippen LogP contribution < -0.4 is 0 Å². The highest BCUT2D eigenvalue weighted by Crippen LogP contribution is 2.13. The molecule has 0 aliphatic carbocycles. The average Bonchev–Trinajstić information content (AvgIpc) is 1.61. The van der Waals surface area contributed by atoms with Crippen LogP contribution in [0.2, 0.25) is 0 Å². The number of rotatable bonds is 2. The third kappa shape index (κ3) is 1.43. The lowest BCUT2D eigenvalue weighted by Gasteiger charge is -2.40. The zero-order valence-corrected chi connectivity index (χ0v) is 6.42. The third-order valence-electron chi connectivity index (χ3n) is 1.94. The normalized spacial score (nSPS) is 22.7. The fourth-order valence-corrected chi connectivity index (χ4v) is 1.04. The second-order valence-electron chi connectivity index (χ2n) is 2.91. The van der Waals surface area contributed by atoms with Crippen LogP contribution in [0.3, 0.4) is 0 Å². The summed E-state index contributed by atoms with van der Waals surface area (Å²) in [6.45, 7) is 6.67. The molecule has 1 saturated heterocycles. The largest absolute Gasteiger partial charge is 0.379 e. The fourth-order valence-electron chi connectivity index (χ4n) is 1.04. The third-order valence-corrected chi connectivity index (χ3v) is 1.94. The SMILES string of the molecule is COC1CN(C(C)C)C1. The van der Waals surface area contributed by atoms with Gasteiger partial charge in [-0.1, -0.05) is 0 Å². The first-order valence-electron chi connectivity index (χ1n) is 3.51. The second kappa shape index (κ2) is 2.67. The van der Waals surface area contributed by atoms with Gasteiger partial charge in [0.05, 0.1) is 6.10 Å². The van der Waals surface area contributed by atoms with Crippen LogP contribution in [0.4, 0.5) is 0 Å². The van der Waals surface area contributed by atoms with E-state index in [4.69, 9.17) is 4.74 Å². The van der Waals surface area contributed by atoms with E-state index in [1.165, 1.54) is 0 Å². The Kier molecular flexibility index (Phi) is 2.09. The van der Waals surface area contributed by atoms with Gasteiger partial charge in [0.2, 0.25) is 0 Å². The van der Waals surface area contributed by atoms with Gasteiger partial charge in [0.25, 0.3) is 0 Å². The summed E-state index contributed by atoms with van der Waals surface area (Å²) in [5.74, 6) is 0. The van der Waals surface area contributed by atoms with Crippen molar-refractivity contribution in [2.45, 2.75) is 26.0 Å². The summed E-state index contributed by atoms with van der Waals surface area (Å²) in [4.78, 5) is 2.40. The topological polar surface area (TPSA) is 12.5 Å². The summed E-state index contributed by atoms with van der Waals surface area (Å²) in [6, 6.07) is 0.691. The van der Waals surface area contributed by atoms with Crippen LogP contribution in [0.25, 0.3) is 0 Å². The number of hydrogen-bond donors (Lipinski definition) is 0.